The van der Waals surface area contributed by atoms with Gasteiger partial charge in [-0.25, -0.2) is 0 Å². The average Bonchev–Trinajstić information content (AvgIpc) is 2.46. The first kappa shape index (κ1) is 14.4. The van der Waals surface area contributed by atoms with E-state index in [4.69, 9.17) is 21.1 Å². The van der Waals surface area contributed by atoms with Gasteiger partial charge in [0, 0.05) is 5.02 Å². The van der Waals surface area contributed by atoms with Gasteiger partial charge in [0.05, 0.1) is 25.7 Å². The van der Waals surface area contributed by atoms with Crippen molar-refractivity contribution in [1.82, 2.24) is 0 Å². The van der Waals surface area contributed by atoms with Crippen LogP contribution in [-0.4, -0.2) is 19.2 Å². The van der Waals surface area contributed by atoms with Gasteiger partial charge in [0.15, 0.2) is 0 Å². The Morgan fingerprint density at radius 1 is 1.26 bits per heavy atom. The number of methoxy groups -OCH3 is 1. The van der Waals surface area contributed by atoms with Gasteiger partial charge in [0.25, 0.3) is 0 Å². The molecule has 19 heavy (non-hydrogen) atoms. The van der Waals surface area contributed by atoms with E-state index in [1.807, 2.05) is 24.3 Å². The maximum atomic E-state index is 11.4. The van der Waals surface area contributed by atoms with Gasteiger partial charge in [-0.15, -0.1) is 0 Å². The number of rotatable bonds is 4. The van der Waals surface area contributed by atoms with E-state index in [1.54, 1.807) is 0 Å². The zero-order valence-electron chi connectivity index (χ0n) is 11.1. The van der Waals surface area contributed by atoms with E-state index in [0.717, 1.165) is 36.3 Å². The van der Waals surface area contributed by atoms with Gasteiger partial charge in [-0.2, -0.15) is 0 Å². The standard InChI is InChI=1S/C15H19ClO3/c1-18-15(17)11-6-8-13(9-7-11)19-10-12-4-2-3-5-14(12)16/h2-5,11,13H,6-10H2,1H3. The molecule has 1 aromatic carbocycles. The Morgan fingerprint density at radius 3 is 2.58 bits per heavy atom. The lowest BCUT2D eigenvalue weighted by Gasteiger charge is -2.27. The summed E-state index contributed by atoms with van der Waals surface area (Å²) in [7, 11) is 1.45. The van der Waals surface area contributed by atoms with Gasteiger partial charge in [-0.05, 0) is 37.3 Å². The van der Waals surface area contributed by atoms with Crippen molar-refractivity contribution in [3.05, 3.63) is 34.9 Å². The Balaban J connectivity index is 1.77. The fourth-order valence-electron chi connectivity index (χ4n) is 2.45. The van der Waals surface area contributed by atoms with Crippen LogP contribution < -0.4 is 0 Å². The highest BCUT2D eigenvalue weighted by molar-refractivity contribution is 6.31. The Bertz CT molecular complexity index is 425. The summed E-state index contributed by atoms with van der Waals surface area (Å²) in [4.78, 5) is 11.4. The van der Waals surface area contributed by atoms with Crippen molar-refractivity contribution in [2.24, 2.45) is 5.92 Å². The van der Waals surface area contributed by atoms with E-state index in [9.17, 15) is 4.79 Å². The average molecular weight is 283 g/mol. The highest BCUT2D eigenvalue weighted by Gasteiger charge is 2.27. The molecule has 0 N–H and O–H groups in total. The van der Waals surface area contributed by atoms with Gasteiger partial charge in [-0.1, -0.05) is 29.8 Å². The third-order valence-electron chi connectivity index (χ3n) is 3.64. The van der Waals surface area contributed by atoms with E-state index < -0.39 is 0 Å². The Morgan fingerprint density at radius 2 is 1.95 bits per heavy atom. The molecule has 0 saturated heterocycles. The lowest BCUT2D eigenvalue weighted by atomic mass is 9.87. The maximum Gasteiger partial charge on any atom is 0.308 e. The zero-order chi connectivity index (χ0) is 13.7. The number of carbonyl (C=O) groups excluding carboxylic acids is 1. The normalized spacial score (nSPS) is 23.1. The highest BCUT2D eigenvalue weighted by Crippen LogP contribution is 2.28. The van der Waals surface area contributed by atoms with E-state index in [2.05, 4.69) is 0 Å². The van der Waals surface area contributed by atoms with E-state index in [-0.39, 0.29) is 18.0 Å². The monoisotopic (exact) mass is 282 g/mol. The first-order chi connectivity index (χ1) is 9.20. The zero-order valence-corrected chi connectivity index (χ0v) is 11.9. The minimum Gasteiger partial charge on any atom is -0.469 e. The fourth-order valence-corrected chi connectivity index (χ4v) is 2.65. The summed E-state index contributed by atoms with van der Waals surface area (Å²) >= 11 is 6.08. The number of ether oxygens (including phenoxy) is 2. The van der Waals surface area contributed by atoms with E-state index in [1.165, 1.54) is 7.11 Å². The Kier molecular flexibility index (Phi) is 5.23. The van der Waals surface area contributed by atoms with Crippen LogP contribution in [0.15, 0.2) is 24.3 Å². The van der Waals surface area contributed by atoms with Crippen LogP contribution in [-0.2, 0) is 20.9 Å². The van der Waals surface area contributed by atoms with E-state index >= 15 is 0 Å². The molecule has 0 atom stereocenters. The van der Waals surface area contributed by atoms with Crippen LogP contribution in [0.5, 0.6) is 0 Å². The largest absolute Gasteiger partial charge is 0.469 e. The molecule has 0 spiro atoms. The summed E-state index contributed by atoms with van der Waals surface area (Å²) in [5, 5.41) is 0.741. The second-order valence-corrected chi connectivity index (χ2v) is 5.31. The molecule has 0 aliphatic heterocycles. The minimum atomic E-state index is -0.0930. The second-order valence-electron chi connectivity index (χ2n) is 4.90. The third-order valence-corrected chi connectivity index (χ3v) is 4.01. The second kappa shape index (κ2) is 6.92. The van der Waals surface area contributed by atoms with Crippen molar-refractivity contribution >= 4 is 17.6 Å². The highest BCUT2D eigenvalue weighted by atomic mass is 35.5. The van der Waals surface area contributed by atoms with Crippen LogP contribution in [0.25, 0.3) is 0 Å². The number of carbonyl (C=O) groups is 1. The van der Waals surface area contributed by atoms with Crippen LogP contribution >= 0.6 is 11.6 Å². The summed E-state index contributed by atoms with van der Waals surface area (Å²) in [6.45, 7) is 0.535. The molecule has 1 fully saturated rings. The molecule has 104 valence electrons. The first-order valence-electron chi connectivity index (χ1n) is 6.63. The molecule has 0 radical (unpaired) electrons. The summed E-state index contributed by atoms with van der Waals surface area (Å²) < 4.78 is 10.6. The smallest absolute Gasteiger partial charge is 0.308 e. The molecule has 0 amide bonds. The van der Waals surface area contributed by atoms with Crippen molar-refractivity contribution in [1.29, 1.82) is 0 Å². The van der Waals surface area contributed by atoms with Crippen LogP contribution in [0.2, 0.25) is 5.02 Å². The quantitative estimate of drug-likeness (QED) is 0.792. The minimum absolute atomic E-state index is 0.0464. The molecule has 2 rings (SSSR count). The molecule has 3 nitrogen and oxygen atoms in total. The maximum absolute atomic E-state index is 11.4. The first-order valence-corrected chi connectivity index (χ1v) is 7.01. The van der Waals surface area contributed by atoms with Crippen LogP contribution in [0.4, 0.5) is 0 Å². The van der Waals surface area contributed by atoms with Crippen molar-refractivity contribution in [3.8, 4) is 0 Å². The predicted octanol–water partition coefficient (Wildman–Crippen LogP) is 3.59. The van der Waals surface area contributed by atoms with Crippen molar-refractivity contribution in [3.63, 3.8) is 0 Å². The van der Waals surface area contributed by atoms with Gasteiger partial charge in [0.2, 0.25) is 0 Å². The lowest BCUT2D eigenvalue weighted by Crippen LogP contribution is -2.26. The molecule has 1 saturated carbocycles. The van der Waals surface area contributed by atoms with Crippen molar-refractivity contribution in [2.75, 3.05) is 7.11 Å². The number of halogens is 1. The molecule has 1 aromatic rings. The molecule has 1 aliphatic carbocycles. The number of esters is 1. The Labute approximate surface area is 118 Å². The van der Waals surface area contributed by atoms with Crippen LogP contribution in [0, 0.1) is 5.92 Å². The van der Waals surface area contributed by atoms with Crippen molar-refractivity contribution in [2.45, 2.75) is 38.4 Å². The Hall–Kier alpha value is -1.06. The number of hydrogen-bond acceptors (Lipinski definition) is 3. The van der Waals surface area contributed by atoms with Crippen LogP contribution in [0.1, 0.15) is 31.2 Å². The molecular weight excluding hydrogens is 264 g/mol. The topological polar surface area (TPSA) is 35.5 Å². The molecule has 0 bridgehead atoms. The van der Waals surface area contributed by atoms with Crippen LogP contribution in [0.3, 0.4) is 0 Å². The summed E-state index contributed by atoms with van der Waals surface area (Å²) in [6.07, 6.45) is 3.73. The van der Waals surface area contributed by atoms with Gasteiger partial charge >= 0.3 is 5.97 Å². The predicted molar refractivity (Wildman–Crippen MR) is 74.0 cm³/mol. The van der Waals surface area contributed by atoms with Gasteiger partial charge < -0.3 is 9.47 Å². The molecule has 0 heterocycles. The third kappa shape index (κ3) is 3.95. The molecule has 0 unspecified atom stereocenters. The lowest BCUT2D eigenvalue weighted by molar-refractivity contribution is -0.147. The number of benzene rings is 1. The van der Waals surface area contributed by atoms with Crippen molar-refractivity contribution < 1.29 is 14.3 Å². The summed E-state index contributed by atoms with van der Waals surface area (Å²) in [6, 6.07) is 7.71. The molecule has 4 heteroatoms. The fraction of sp³-hybridized carbons (Fsp3) is 0.533. The van der Waals surface area contributed by atoms with Gasteiger partial charge in [0.1, 0.15) is 0 Å². The summed E-state index contributed by atoms with van der Waals surface area (Å²) in [5.74, 6) is -0.0466. The summed E-state index contributed by atoms with van der Waals surface area (Å²) in [5.41, 5.74) is 1.01. The molecular formula is C15H19ClO3. The number of hydrogen-bond donors (Lipinski definition) is 0. The molecule has 0 aromatic heterocycles. The SMILES string of the molecule is COC(=O)C1CCC(OCc2ccccc2Cl)CC1. The van der Waals surface area contributed by atoms with E-state index in [0.29, 0.717) is 6.61 Å². The van der Waals surface area contributed by atoms with Gasteiger partial charge in [-0.3, -0.25) is 4.79 Å². The molecule has 1 aliphatic rings.